The average molecular weight is 538 g/mol. The fraction of sp³-hybridized carbons (Fsp3) is 0.100. The Morgan fingerprint density at radius 3 is 2.13 bits per heavy atom. The van der Waals surface area contributed by atoms with Crippen LogP contribution in [0.25, 0.3) is 27.5 Å². The van der Waals surface area contributed by atoms with E-state index in [9.17, 15) is 14.4 Å². The minimum atomic E-state index is -0.503. The SMILES string of the molecule is CC(=O)O/N=C\c1ccc2c(c1)c1cc(C(=O)c3cccs3)ccc1n2-c1ccc(/C(C)=N/OC(C)=O)cc1. The maximum atomic E-state index is 13.1. The van der Waals surface area contributed by atoms with Crippen LogP contribution < -0.4 is 0 Å². The molecule has 0 aliphatic carbocycles. The number of oxime groups is 2. The summed E-state index contributed by atoms with van der Waals surface area (Å²) in [5, 5.41) is 11.3. The summed E-state index contributed by atoms with van der Waals surface area (Å²) in [5.41, 5.74) is 5.47. The quantitative estimate of drug-likeness (QED) is 0.106. The van der Waals surface area contributed by atoms with Crippen LogP contribution in [0.1, 0.15) is 47.1 Å². The van der Waals surface area contributed by atoms with Gasteiger partial charge in [-0.25, -0.2) is 9.59 Å². The molecule has 0 saturated carbocycles. The molecule has 8 nitrogen and oxygen atoms in total. The van der Waals surface area contributed by atoms with Crippen LogP contribution in [0.3, 0.4) is 0 Å². The number of hydrogen-bond acceptors (Lipinski definition) is 8. The first kappa shape index (κ1) is 25.7. The lowest BCUT2D eigenvalue weighted by Crippen LogP contribution is -2.01. The normalized spacial score (nSPS) is 11.8. The number of hydrogen-bond donors (Lipinski definition) is 0. The third-order valence-electron chi connectivity index (χ3n) is 6.03. The van der Waals surface area contributed by atoms with Crippen molar-refractivity contribution >= 4 is 62.8 Å². The van der Waals surface area contributed by atoms with E-state index in [1.165, 1.54) is 31.4 Å². The molecule has 5 rings (SSSR count). The first-order chi connectivity index (χ1) is 18.8. The van der Waals surface area contributed by atoms with Crippen LogP contribution in [0.2, 0.25) is 0 Å². The smallest absolute Gasteiger partial charge is 0.319 e. The molecule has 0 aliphatic heterocycles. The average Bonchev–Trinajstić information content (AvgIpc) is 3.57. The van der Waals surface area contributed by atoms with E-state index < -0.39 is 11.9 Å². The van der Waals surface area contributed by atoms with Crippen molar-refractivity contribution in [3.05, 3.63) is 99.7 Å². The van der Waals surface area contributed by atoms with Crippen molar-refractivity contribution in [1.29, 1.82) is 0 Å². The van der Waals surface area contributed by atoms with Gasteiger partial charge in [0, 0.05) is 35.9 Å². The maximum absolute atomic E-state index is 13.1. The molecular weight excluding hydrogens is 514 g/mol. The van der Waals surface area contributed by atoms with Crippen molar-refractivity contribution in [3.8, 4) is 5.69 Å². The predicted octanol–water partition coefficient (Wildman–Crippen LogP) is 6.26. The van der Waals surface area contributed by atoms with Crippen molar-refractivity contribution in [2.24, 2.45) is 10.3 Å². The van der Waals surface area contributed by atoms with Crippen LogP contribution in [-0.4, -0.2) is 34.2 Å². The van der Waals surface area contributed by atoms with Crippen LogP contribution in [0.15, 0.2) is 88.5 Å². The van der Waals surface area contributed by atoms with Crippen molar-refractivity contribution < 1.29 is 24.1 Å². The molecule has 2 aromatic heterocycles. The molecule has 194 valence electrons. The van der Waals surface area contributed by atoms with Gasteiger partial charge < -0.3 is 14.2 Å². The first-order valence-corrected chi connectivity index (χ1v) is 12.9. The Hall–Kier alpha value is -4.89. The van der Waals surface area contributed by atoms with Crippen LogP contribution >= 0.6 is 11.3 Å². The molecule has 0 aliphatic rings. The molecule has 3 aromatic carbocycles. The highest BCUT2D eigenvalue weighted by Gasteiger charge is 2.17. The fourth-order valence-electron chi connectivity index (χ4n) is 4.29. The maximum Gasteiger partial charge on any atom is 0.331 e. The molecule has 0 atom stereocenters. The van der Waals surface area contributed by atoms with Crippen molar-refractivity contribution in [2.75, 3.05) is 0 Å². The summed E-state index contributed by atoms with van der Waals surface area (Å²) in [7, 11) is 0. The van der Waals surface area contributed by atoms with Gasteiger partial charge in [-0.3, -0.25) is 4.79 Å². The molecule has 0 amide bonds. The van der Waals surface area contributed by atoms with E-state index in [2.05, 4.69) is 14.9 Å². The standard InChI is InChI=1S/C30H23N3O5S/c1-18(32-38-20(3)35)22-7-10-24(11-8-22)33-27-12-6-21(17-31-37-19(2)34)15-25(27)26-16-23(9-13-28(26)33)30(36)29-5-4-14-39-29/h4-17H,1-3H3/b31-17-,32-18+. The summed E-state index contributed by atoms with van der Waals surface area (Å²) < 4.78 is 2.11. The molecule has 0 unspecified atom stereocenters. The van der Waals surface area contributed by atoms with Gasteiger partial charge >= 0.3 is 11.9 Å². The van der Waals surface area contributed by atoms with Gasteiger partial charge in [-0.2, -0.15) is 0 Å². The van der Waals surface area contributed by atoms with Gasteiger partial charge in [0.15, 0.2) is 0 Å². The number of aromatic nitrogens is 1. The largest absolute Gasteiger partial charge is 0.331 e. The summed E-state index contributed by atoms with van der Waals surface area (Å²) >= 11 is 1.41. The van der Waals surface area contributed by atoms with Gasteiger partial charge in [0.25, 0.3) is 0 Å². The molecule has 0 radical (unpaired) electrons. The second-order valence-electron chi connectivity index (χ2n) is 8.77. The summed E-state index contributed by atoms with van der Waals surface area (Å²) in [6, 6.07) is 22.9. The zero-order chi connectivity index (χ0) is 27.5. The van der Waals surface area contributed by atoms with Crippen LogP contribution in [0.5, 0.6) is 0 Å². The molecule has 0 N–H and O–H groups in total. The monoisotopic (exact) mass is 537 g/mol. The third-order valence-corrected chi connectivity index (χ3v) is 6.90. The lowest BCUT2D eigenvalue weighted by atomic mass is 10.0. The number of benzene rings is 3. The Bertz CT molecular complexity index is 1780. The van der Waals surface area contributed by atoms with E-state index >= 15 is 0 Å². The molecule has 9 heteroatoms. The number of carbonyl (C=O) groups is 3. The molecule has 0 bridgehead atoms. The Morgan fingerprint density at radius 1 is 0.795 bits per heavy atom. The highest BCUT2D eigenvalue weighted by molar-refractivity contribution is 7.12. The zero-order valence-electron chi connectivity index (χ0n) is 21.4. The van der Waals surface area contributed by atoms with Crippen LogP contribution in [-0.2, 0) is 19.3 Å². The molecule has 5 aromatic rings. The Balaban J connectivity index is 1.64. The summed E-state index contributed by atoms with van der Waals surface area (Å²) in [6.45, 7) is 4.36. The number of rotatable bonds is 7. The molecule has 2 heterocycles. The number of ketones is 1. The van der Waals surface area contributed by atoms with Gasteiger partial charge in [0.2, 0.25) is 5.78 Å². The van der Waals surface area contributed by atoms with Crippen LogP contribution in [0.4, 0.5) is 0 Å². The molecule has 0 saturated heterocycles. The first-order valence-electron chi connectivity index (χ1n) is 12.0. The highest BCUT2D eigenvalue weighted by atomic mass is 32.1. The van der Waals surface area contributed by atoms with Crippen molar-refractivity contribution in [3.63, 3.8) is 0 Å². The number of carbonyl (C=O) groups excluding carboxylic acids is 3. The van der Waals surface area contributed by atoms with Crippen molar-refractivity contribution in [1.82, 2.24) is 4.57 Å². The van der Waals surface area contributed by atoms with Gasteiger partial charge in [0.05, 0.1) is 27.8 Å². The second kappa shape index (κ2) is 10.8. The minimum Gasteiger partial charge on any atom is -0.319 e. The zero-order valence-corrected chi connectivity index (χ0v) is 22.2. The topological polar surface area (TPSA) is 99.3 Å². The summed E-state index contributed by atoms with van der Waals surface area (Å²) in [5.74, 6) is -1.02. The second-order valence-corrected chi connectivity index (χ2v) is 9.72. The fourth-order valence-corrected chi connectivity index (χ4v) is 4.97. The van der Waals surface area contributed by atoms with E-state index in [1.54, 1.807) is 6.92 Å². The number of thiophene rings is 1. The summed E-state index contributed by atoms with van der Waals surface area (Å²) in [4.78, 5) is 45.5. The van der Waals surface area contributed by atoms with Crippen LogP contribution in [0, 0.1) is 0 Å². The lowest BCUT2D eigenvalue weighted by Gasteiger charge is -2.09. The van der Waals surface area contributed by atoms with E-state index in [0.29, 0.717) is 16.2 Å². The molecule has 0 fully saturated rings. The molecule has 39 heavy (non-hydrogen) atoms. The van der Waals surface area contributed by atoms with E-state index in [0.717, 1.165) is 38.6 Å². The van der Waals surface area contributed by atoms with Gasteiger partial charge in [-0.1, -0.05) is 34.6 Å². The molecule has 0 spiro atoms. The number of nitrogens with zero attached hydrogens (tertiary/aromatic N) is 3. The lowest BCUT2D eigenvalue weighted by molar-refractivity contribution is -0.141. The Morgan fingerprint density at radius 2 is 1.46 bits per heavy atom. The van der Waals surface area contributed by atoms with E-state index in [1.807, 2.05) is 78.2 Å². The van der Waals surface area contributed by atoms with Gasteiger partial charge in [0.1, 0.15) is 0 Å². The summed E-state index contributed by atoms with van der Waals surface area (Å²) in [6.07, 6.45) is 1.48. The van der Waals surface area contributed by atoms with Gasteiger partial charge in [-0.05, 0) is 72.0 Å². The number of fused-ring (bicyclic) bond motifs is 3. The Kier molecular flexibility index (Phi) is 7.16. The van der Waals surface area contributed by atoms with E-state index in [4.69, 9.17) is 9.68 Å². The predicted molar refractivity (Wildman–Crippen MR) is 152 cm³/mol. The van der Waals surface area contributed by atoms with Gasteiger partial charge in [-0.15, -0.1) is 11.3 Å². The third kappa shape index (κ3) is 5.39. The molecular formula is C30H23N3O5S. The van der Waals surface area contributed by atoms with E-state index in [-0.39, 0.29) is 5.78 Å². The minimum absolute atomic E-state index is 0.0349. The van der Waals surface area contributed by atoms with Crippen molar-refractivity contribution in [2.45, 2.75) is 20.8 Å². The highest BCUT2D eigenvalue weighted by Crippen LogP contribution is 2.34. The Labute approximate surface area is 227 Å².